The summed E-state index contributed by atoms with van der Waals surface area (Å²) in [5.74, 6) is -1.16. The topological polar surface area (TPSA) is 43.4 Å². The zero-order valence-corrected chi connectivity index (χ0v) is 10.3. The summed E-state index contributed by atoms with van der Waals surface area (Å²) >= 11 is 0. The minimum Gasteiger partial charge on any atom is -1.00 e. The van der Waals surface area contributed by atoms with Crippen molar-refractivity contribution in [3.05, 3.63) is 0 Å². The van der Waals surface area contributed by atoms with Crippen LogP contribution < -0.4 is 17.0 Å². The standard InChI is InChI=1S/C9H16NO3.BrH/c1-10(2,7-4-5-7)6-8(11)9(12)13-3;/h7H,4-6H2,1-3H3;1H/q+1;/p-1. The van der Waals surface area contributed by atoms with Crippen molar-refractivity contribution in [3.63, 3.8) is 0 Å². The molecule has 82 valence electrons. The predicted molar refractivity (Wildman–Crippen MR) is 47.0 cm³/mol. The highest BCUT2D eigenvalue weighted by Crippen LogP contribution is 2.30. The molecule has 1 fully saturated rings. The van der Waals surface area contributed by atoms with Crippen LogP contribution in [-0.2, 0) is 14.3 Å². The molecule has 0 bridgehead atoms. The minimum absolute atomic E-state index is 0. The van der Waals surface area contributed by atoms with Gasteiger partial charge in [-0.2, -0.15) is 0 Å². The Labute approximate surface area is 94.6 Å². The van der Waals surface area contributed by atoms with Crippen molar-refractivity contribution in [2.24, 2.45) is 0 Å². The Kier molecular flexibility index (Phi) is 4.74. The fourth-order valence-corrected chi connectivity index (χ4v) is 1.45. The van der Waals surface area contributed by atoms with Crippen LogP contribution in [0.15, 0.2) is 0 Å². The van der Waals surface area contributed by atoms with Crippen LogP contribution in [0, 0.1) is 0 Å². The van der Waals surface area contributed by atoms with Gasteiger partial charge in [-0.3, -0.25) is 4.79 Å². The molecular weight excluding hydrogens is 250 g/mol. The van der Waals surface area contributed by atoms with Crippen LogP contribution in [0.25, 0.3) is 0 Å². The second-order valence-electron chi connectivity index (χ2n) is 4.08. The molecule has 0 aromatic carbocycles. The van der Waals surface area contributed by atoms with Crippen molar-refractivity contribution in [3.8, 4) is 0 Å². The molecule has 5 heteroatoms. The number of hydrogen-bond donors (Lipinski definition) is 0. The largest absolute Gasteiger partial charge is 1.00 e. The number of methoxy groups -OCH3 is 1. The smallest absolute Gasteiger partial charge is 0.380 e. The number of nitrogens with zero attached hydrogens (tertiary/aromatic N) is 1. The predicted octanol–water partition coefficient (Wildman–Crippen LogP) is -3.03. The van der Waals surface area contributed by atoms with E-state index in [1.165, 1.54) is 7.11 Å². The maximum Gasteiger partial charge on any atom is 0.380 e. The van der Waals surface area contributed by atoms with E-state index in [9.17, 15) is 9.59 Å². The monoisotopic (exact) mass is 265 g/mol. The van der Waals surface area contributed by atoms with Gasteiger partial charge >= 0.3 is 5.97 Å². The molecule has 0 N–H and O–H groups in total. The van der Waals surface area contributed by atoms with Gasteiger partial charge in [0.15, 0.2) is 0 Å². The van der Waals surface area contributed by atoms with E-state index in [4.69, 9.17) is 0 Å². The average Bonchev–Trinajstić information content (AvgIpc) is 2.84. The van der Waals surface area contributed by atoms with Gasteiger partial charge in [-0.25, -0.2) is 4.79 Å². The molecule has 0 saturated heterocycles. The number of Topliss-reactive ketones (excluding diaryl/α,β-unsaturated/α-hetero) is 1. The van der Waals surface area contributed by atoms with Crippen molar-refractivity contribution >= 4 is 11.8 Å². The maximum atomic E-state index is 11.2. The first-order chi connectivity index (χ1) is 5.97. The highest BCUT2D eigenvalue weighted by Gasteiger charge is 2.40. The van der Waals surface area contributed by atoms with E-state index in [0.29, 0.717) is 10.5 Å². The molecule has 0 amide bonds. The van der Waals surface area contributed by atoms with E-state index in [2.05, 4.69) is 4.74 Å². The van der Waals surface area contributed by atoms with Gasteiger partial charge in [-0.15, -0.1) is 0 Å². The average molecular weight is 266 g/mol. The van der Waals surface area contributed by atoms with Gasteiger partial charge < -0.3 is 26.2 Å². The Bertz CT molecular complexity index is 236. The zero-order valence-electron chi connectivity index (χ0n) is 8.75. The summed E-state index contributed by atoms with van der Waals surface area (Å²) in [4.78, 5) is 22.1. The lowest BCUT2D eigenvalue weighted by atomic mass is 10.3. The molecule has 1 aliphatic carbocycles. The summed E-state index contributed by atoms with van der Waals surface area (Å²) in [6.45, 7) is 0.247. The summed E-state index contributed by atoms with van der Waals surface area (Å²) in [5, 5.41) is 0. The Balaban J connectivity index is 0.00000169. The summed E-state index contributed by atoms with van der Waals surface area (Å²) in [7, 11) is 5.17. The Morgan fingerprint density at radius 3 is 2.21 bits per heavy atom. The summed E-state index contributed by atoms with van der Waals surface area (Å²) in [6, 6.07) is 0.550. The van der Waals surface area contributed by atoms with Crippen LogP contribution >= 0.6 is 0 Å². The molecule has 0 atom stereocenters. The summed E-state index contributed by atoms with van der Waals surface area (Å²) in [6.07, 6.45) is 2.31. The van der Waals surface area contributed by atoms with Gasteiger partial charge in [0.05, 0.1) is 27.2 Å². The van der Waals surface area contributed by atoms with E-state index < -0.39 is 11.8 Å². The highest BCUT2D eigenvalue weighted by atomic mass is 79.9. The number of carbonyl (C=O) groups is 2. The fourth-order valence-electron chi connectivity index (χ4n) is 1.45. The Morgan fingerprint density at radius 1 is 1.36 bits per heavy atom. The lowest BCUT2D eigenvalue weighted by molar-refractivity contribution is -0.893. The second-order valence-corrected chi connectivity index (χ2v) is 4.08. The fraction of sp³-hybridized carbons (Fsp3) is 0.778. The summed E-state index contributed by atoms with van der Waals surface area (Å²) in [5.41, 5.74) is 0. The van der Waals surface area contributed by atoms with Crippen LogP contribution in [0.1, 0.15) is 12.8 Å². The number of likely N-dealkylation sites (N-methyl/N-ethyl adjacent to an activating group) is 1. The van der Waals surface area contributed by atoms with Crippen LogP contribution in [0.4, 0.5) is 0 Å². The third-order valence-electron chi connectivity index (χ3n) is 2.50. The van der Waals surface area contributed by atoms with Gasteiger partial charge in [-0.05, 0) is 0 Å². The van der Waals surface area contributed by atoms with Gasteiger partial charge in [0, 0.05) is 12.8 Å². The van der Waals surface area contributed by atoms with Crippen molar-refractivity contribution in [1.29, 1.82) is 0 Å². The number of ketones is 1. The molecule has 1 rings (SSSR count). The number of carbonyl (C=O) groups excluding carboxylic acids is 2. The van der Waals surface area contributed by atoms with Gasteiger partial charge in [0.2, 0.25) is 0 Å². The molecule has 1 aliphatic rings. The molecule has 1 saturated carbocycles. The highest BCUT2D eigenvalue weighted by molar-refractivity contribution is 6.34. The Morgan fingerprint density at radius 2 is 1.86 bits per heavy atom. The minimum atomic E-state index is -0.730. The van der Waals surface area contributed by atoms with Crippen LogP contribution in [0.3, 0.4) is 0 Å². The molecule has 0 radical (unpaired) electrons. The molecule has 14 heavy (non-hydrogen) atoms. The van der Waals surface area contributed by atoms with Crippen molar-refractivity contribution in [1.82, 2.24) is 0 Å². The van der Waals surface area contributed by atoms with E-state index in [0.717, 1.165) is 12.8 Å². The van der Waals surface area contributed by atoms with E-state index in [1.54, 1.807) is 0 Å². The van der Waals surface area contributed by atoms with E-state index >= 15 is 0 Å². The van der Waals surface area contributed by atoms with E-state index in [-0.39, 0.29) is 23.5 Å². The SMILES string of the molecule is COC(=O)C(=O)C[N+](C)(C)C1CC1.[Br-]. The number of quaternary nitrogens is 1. The van der Waals surface area contributed by atoms with Crippen molar-refractivity contribution < 1.29 is 35.8 Å². The molecule has 4 nitrogen and oxygen atoms in total. The molecule has 0 spiro atoms. The number of ether oxygens (including phenoxy) is 1. The van der Waals surface area contributed by atoms with Crippen molar-refractivity contribution in [2.45, 2.75) is 18.9 Å². The molecule has 0 aliphatic heterocycles. The van der Waals surface area contributed by atoms with Gasteiger partial charge in [0.1, 0.15) is 6.54 Å². The molecule has 0 aromatic rings. The van der Waals surface area contributed by atoms with E-state index in [1.807, 2.05) is 14.1 Å². The quantitative estimate of drug-likeness (QED) is 0.309. The zero-order chi connectivity index (χ0) is 10.1. The first-order valence-electron chi connectivity index (χ1n) is 4.41. The first-order valence-corrected chi connectivity index (χ1v) is 4.41. The molecular formula is C9H16BrNO3. The number of halogens is 1. The third kappa shape index (κ3) is 3.38. The lowest BCUT2D eigenvalue weighted by Crippen LogP contribution is -3.00. The maximum absolute atomic E-state index is 11.2. The number of hydrogen-bond acceptors (Lipinski definition) is 3. The molecule has 0 aromatic heterocycles. The molecule has 0 heterocycles. The normalized spacial score (nSPS) is 15.6. The van der Waals surface area contributed by atoms with Crippen LogP contribution in [-0.4, -0.2) is 50.0 Å². The molecule has 0 unspecified atom stereocenters. The first kappa shape index (κ1) is 13.6. The third-order valence-corrected chi connectivity index (χ3v) is 2.50. The summed E-state index contributed by atoms with van der Waals surface area (Å²) < 4.78 is 4.96. The Hall–Kier alpha value is -0.420. The van der Waals surface area contributed by atoms with Crippen molar-refractivity contribution in [2.75, 3.05) is 27.7 Å². The van der Waals surface area contributed by atoms with Crippen LogP contribution in [0.5, 0.6) is 0 Å². The second kappa shape index (κ2) is 4.89. The van der Waals surface area contributed by atoms with Gasteiger partial charge in [0.25, 0.3) is 5.78 Å². The van der Waals surface area contributed by atoms with Gasteiger partial charge in [-0.1, -0.05) is 0 Å². The lowest BCUT2D eigenvalue weighted by Gasteiger charge is -2.28. The number of rotatable bonds is 4. The number of esters is 1. The van der Waals surface area contributed by atoms with Crippen LogP contribution in [0.2, 0.25) is 0 Å².